The Labute approximate surface area is 535 Å². The van der Waals surface area contributed by atoms with E-state index in [0.29, 0.717) is 6.54 Å². The largest absolute Gasteiger partial charge is 0.313 e. The predicted octanol–water partition coefficient (Wildman–Crippen LogP) is 23.8. The van der Waals surface area contributed by atoms with Crippen LogP contribution in [0.15, 0.2) is 277 Å². The average Bonchev–Trinajstić information content (AvgIpc) is 1.54. The topological polar surface area (TPSA) is 32.9 Å². The molecule has 0 saturated heterocycles. The van der Waals surface area contributed by atoms with Gasteiger partial charge in [-0.05, 0) is 184 Å². The number of aromatic nitrogens is 1. The van der Waals surface area contributed by atoms with Crippen molar-refractivity contribution in [2.45, 2.75) is 94.0 Å². The molecule has 4 nitrogen and oxygen atoms in total. The molecular weight excluding hydrogens is 1090 g/mol. The quantitative estimate of drug-likeness (QED) is 0.0607. The minimum absolute atomic E-state index is 0.170. The fourth-order valence-electron chi connectivity index (χ4n) is 13.2. The minimum Gasteiger partial charge on any atom is -0.313 e. The van der Waals surface area contributed by atoms with Gasteiger partial charge in [0.1, 0.15) is 0 Å². The van der Waals surface area contributed by atoms with Crippen molar-refractivity contribution in [3.63, 3.8) is 0 Å². The first-order valence-corrected chi connectivity index (χ1v) is 31.9. The molecule has 0 bridgehead atoms. The summed E-state index contributed by atoms with van der Waals surface area (Å²) >= 11 is 0. The lowest BCUT2D eigenvalue weighted by Crippen LogP contribution is -2.17. The van der Waals surface area contributed by atoms with E-state index in [4.69, 9.17) is 4.99 Å². The smallest absolute Gasteiger partial charge is 0.0716 e. The van der Waals surface area contributed by atoms with Gasteiger partial charge in [-0.15, -0.1) is 6.58 Å². The van der Waals surface area contributed by atoms with Crippen molar-refractivity contribution < 1.29 is 0 Å². The predicted molar refractivity (Wildman–Crippen MR) is 393 cm³/mol. The van der Waals surface area contributed by atoms with Gasteiger partial charge < -0.3 is 9.47 Å². The van der Waals surface area contributed by atoms with Gasteiger partial charge >= 0.3 is 0 Å². The van der Waals surface area contributed by atoms with Crippen LogP contribution in [-0.2, 0) is 18.4 Å². The Balaban J connectivity index is 0.00000123. The summed E-state index contributed by atoms with van der Waals surface area (Å²) in [5.74, 6) is 0. The van der Waals surface area contributed by atoms with Crippen molar-refractivity contribution in [3.05, 3.63) is 329 Å². The maximum absolute atomic E-state index is 5.26. The molecule has 11 aromatic rings. The Bertz CT molecular complexity index is 4510. The van der Waals surface area contributed by atoms with Crippen molar-refractivity contribution in [3.8, 4) is 27.9 Å². The molecule has 2 aliphatic rings. The molecule has 0 unspecified atom stereocenters. The van der Waals surface area contributed by atoms with Crippen LogP contribution >= 0.6 is 0 Å². The van der Waals surface area contributed by atoms with Gasteiger partial charge in [-0.2, -0.15) is 0 Å². The summed E-state index contributed by atoms with van der Waals surface area (Å²) < 4.78 is 2.54. The van der Waals surface area contributed by atoms with Gasteiger partial charge in [0.2, 0.25) is 0 Å². The van der Waals surface area contributed by atoms with E-state index in [1.807, 2.05) is 65.0 Å². The molecule has 90 heavy (non-hydrogen) atoms. The van der Waals surface area contributed by atoms with E-state index in [9.17, 15) is 0 Å². The zero-order chi connectivity index (χ0) is 63.5. The standard InChI is InChI=1S/C79H66N4.C3H6.2C2H6/c1-8-52(2)75(63-36-24-38-74(53(63)3)83(61-45-41-57(42-46-61)56-25-12-9-13-26-56)62-47-48-67-66-33-22-23-37-70(66)79(5,6)71(67)49-62)76-54(4)82(78-69-35-21-19-32-65(69)64-31-18-20-34-68(64)77(76)78)60-43-39-55(40-44-60)51-81-73(59-29-16-11-17-30-59)50-72(80-7)58-27-14-10-15-28-58;1-3-2;2*1-2/h8-20,22-34,36-50H,1,7,21,35,51H2,2-6H3;3H,1H2,2H3;2*1-2H3/b72-50-,75-52-,81-73?;;;. The second-order valence-electron chi connectivity index (χ2n) is 23.0. The van der Waals surface area contributed by atoms with E-state index in [2.05, 4.69) is 287 Å². The Kier molecular flexibility index (Phi) is 19.8. The highest BCUT2D eigenvalue weighted by Gasteiger charge is 2.36. The van der Waals surface area contributed by atoms with Crippen LogP contribution in [0.5, 0.6) is 0 Å². The number of nitrogens with zero attached hydrogens (tertiary/aromatic N) is 4. The number of aliphatic imine (C=N–C) groups is 2. The summed E-state index contributed by atoms with van der Waals surface area (Å²) in [6.07, 6.45) is 12.5. The maximum Gasteiger partial charge on any atom is 0.0716 e. The van der Waals surface area contributed by atoms with Crippen molar-refractivity contribution in [1.29, 1.82) is 0 Å². The number of rotatable bonds is 14. The molecule has 1 aromatic heterocycles. The van der Waals surface area contributed by atoms with Gasteiger partial charge in [-0.1, -0.05) is 254 Å². The number of fused-ring (bicyclic) bond motifs is 9. The number of allylic oxidation sites excluding steroid dienone is 5. The van der Waals surface area contributed by atoms with E-state index in [-0.39, 0.29) is 5.41 Å². The summed E-state index contributed by atoms with van der Waals surface area (Å²) in [5.41, 5.74) is 27.7. The van der Waals surface area contributed by atoms with E-state index in [0.717, 1.165) is 69.3 Å². The summed E-state index contributed by atoms with van der Waals surface area (Å²) in [6, 6.07) is 81.3. The zero-order valence-electron chi connectivity index (χ0n) is 54.3. The molecule has 4 heteroatoms. The number of benzene rings is 10. The SMILES string of the molecule is C=C/C(C)=C(/c1cccc(N(c2ccc(-c3ccccc3)cc2)c2ccc3c(c2)C(C)(C)c2ccccc2-3)c1C)c1c(C)n(-c2ccc(CN=C(/C=C(\N=C)c3ccccc3)c3ccccc3)cc2)c2c3c(c4ccccc4c12)C=CCC3.C=CC.CC.CC. The Morgan fingerprint density at radius 3 is 1.88 bits per heavy atom. The third-order valence-electron chi connectivity index (χ3n) is 17.4. The van der Waals surface area contributed by atoms with Gasteiger partial charge in [0.05, 0.1) is 23.5 Å². The van der Waals surface area contributed by atoms with E-state index >= 15 is 0 Å². The maximum atomic E-state index is 5.26. The Morgan fingerprint density at radius 1 is 0.622 bits per heavy atom. The number of anilines is 3. The highest BCUT2D eigenvalue weighted by Crippen LogP contribution is 2.52. The van der Waals surface area contributed by atoms with E-state index in [1.165, 1.54) is 94.1 Å². The van der Waals surface area contributed by atoms with Crippen LogP contribution in [0.25, 0.3) is 67.0 Å². The van der Waals surface area contributed by atoms with E-state index in [1.54, 1.807) is 6.08 Å². The Morgan fingerprint density at radius 2 is 1.21 bits per heavy atom. The summed E-state index contributed by atoms with van der Waals surface area (Å²) in [6.45, 7) is 33.8. The van der Waals surface area contributed by atoms with Crippen molar-refractivity contribution in [2.24, 2.45) is 9.98 Å². The van der Waals surface area contributed by atoms with E-state index < -0.39 is 0 Å². The molecule has 0 fully saturated rings. The molecule has 0 amide bonds. The van der Waals surface area contributed by atoms with Gasteiger partial charge in [0.25, 0.3) is 0 Å². The fourth-order valence-corrected chi connectivity index (χ4v) is 13.2. The van der Waals surface area contributed by atoms with Crippen molar-refractivity contribution in [1.82, 2.24) is 4.57 Å². The van der Waals surface area contributed by atoms with Crippen molar-refractivity contribution in [2.75, 3.05) is 4.90 Å². The van der Waals surface area contributed by atoms with Crippen LogP contribution in [0.4, 0.5) is 17.1 Å². The monoisotopic (exact) mass is 1170 g/mol. The summed E-state index contributed by atoms with van der Waals surface area (Å²) in [4.78, 5) is 12.2. The molecule has 10 aromatic carbocycles. The van der Waals surface area contributed by atoms with Crippen LogP contribution in [0.3, 0.4) is 0 Å². The Hall–Kier alpha value is -10.2. The lowest BCUT2D eigenvalue weighted by Gasteiger charge is -2.30. The normalized spacial score (nSPS) is 13.0. The summed E-state index contributed by atoms with van der Waals surface area (Å²) in [5, 5.41) is 3.78. The lowest BCUT2D eigenvalue weighted by molar-refractivity contribution is 0.660. The number of aryl methyl sites for hydroxylation is 1. The molecule has 1 heterocycles. The number of hydrogen-bond donors (Lipinski definition) is 0. The van der Waals surface area contributed by atoms with Crippen LogP contribution in [0.2, 0.25) is 0 Å². The molecule has 0 atom stereocenters. The molecule has 0 aliphatic heterocycles. The zero-order valence-corrected chi connectivity index (χ0v) is 54.3. The number of hydrogen-bond acceptors (Lipinski definition) is 3. The third-order valence-corrected chi connectivity index (χ3v) is 17.4. The van der Waals surface area contributed by atoms with Crippen LogP contribution in [0, 0.1) is 13.8 Å². The van der Waals surface area contributed by atoms with Crippen LogP contribution in [-0.4, -0.2) is 17.0 Å². The lowest BCUT2D eigenvalue weighted by atomic mass is 9.82. The molecule has 0 saturated carbocycles. The van der Waals surface area contributed by atoms with Gasteiger partial charge in [-0.3, -0.25) is 9.98 Å². The molecule has 13 rings (SSSR count). The average molecular weight is 1170 g/mol. The van der Waals surface area contributed by atoms with Crippen LogP contribution < -0.4 is 4.90 Å². The molecule has 0 spiro atoms. The molecular formula is C86H84N4. The van der Waals surface area contributed by atoms with Crippen LogP contribution in [0.1, 0.15) is 123 Å². The fraction of sp³-hybridized carbons (Fsp3) is 0.163. The van der Waals surface area contributed by atoms with Gasteiger partial charge in [0.15, 0.2) is 0 Å². The first-order chi connectivity index (χ1) is 44.0. The minimum atomic E-state index is -0.170. The summed E-state index contributed by atoms with van der Waals surface area (Å²) in [7, 11) is 0. The molecule has 0 N–H and O–H groups in total. The first-order valence-electron chi connectivity index (χ1n) is 31.9. The van der Waals surface area contributed by atoms with Gasteiger partial charge in [-0.25, -0.2) is 0 Å². The molecule has 448 valence electrons. The highest BCUT2D eigenvalue weighted by atomic mass is 15.1. The second kappa shape index (κ2) is 28.3. The third kappa shape index (κ3) is 12.1. The van der Waals surface area contributed by atoms with Gasteiger partial charge in [0, 0.05) is 50.4 Å². The van der Waals surface area contributed by atoms with Crippen molar-refractivity contribution >= 4 is 68.5 Å². The molecule has 2 aliphatic carbocycles. The second-order valence-corrected chi connectivity index (χ2v) is 23.0. The highest BCUT2D eigenvalue weighted by molar-refractivity contribution is 6.19. The molecule has 0 radical (unpaired) electrons. The first kappa shape index (κ1) is 62.9.